The molecule has 0 unspecified atom stereocenters. The molecule has 0 spiro atoms. The van der Waals surface area contributed by atoms with Gasteiger partial charge in [-0.15, -0.1) is 0 Å². The first-order chi connectivity index (χ1) is 10.8. The van der Waals surface area contributed by atoms with E-state index in [1.807, 2.05) is 6.07 Å². The van der Waals surface area contributed by atoms with Crippen LogP contribution in [0.4, 0.5) is 24.9 Å². The molecule has 10 heteroatoms. The minimum atomic E-state index is -4.51. The summed E-state index contributed by atoms with van der Waals surface area (Å²) < 4.78 is 37.9. The number of halogens is 3. The fourth-order valence-electron chi connectivity index (χ4n) is 1.98. The number of alkyl halides is 3. The Bertz CT molecular complexity index is 717. The van der Waals surface area contributed by atoms with Gasteiger partial charge < -0.3 is 10.6 Å². The highest BCUT2D eigenvalue weighted by molar-refractivity contribution is 5.50. The van der Waals surface area contributed by atoms with E-state index < -0.39 is 11.9 Å². The van der Waals surface area contributed by atoms with Gasteiger partial charge in [-0.05, 0) is 18.9 Å². The van der Waals surface area contributed by atoms with Gasteiger partial charge in [-0.25, -0.2) is 9.97 Å². The van der Waals surface area contributed by atoms with Gasteiger partial charge in [-0.3, -0.25) is 5.10 Å². The molecular weight excluding hydrogens is 311 g/mol. The van der Waals surface area contributed by atoms with E-state index in [-0.39, 0.29) is 11.8 Å². The van der Waals surface area contributed by atoms with E-state index in [1.54, 1.807) is 7.05 Å². The average molecular weight is 325 g/mol. The SMILES string of the molecule is CN(CCCc1[nH]nc(N)c1C#N)c1nccc(C(F)(F)F)n1. The molecule has 0 aliphatic carbocycles. The summed E-state index contributed by atoms with van der Waals surface area (Å²) >= 11 is 0. The molecular formula is C13H14F3N7. The zero-order chi connectivity index (χ0) is 17.0. The average Bonchev–Trinajstić information content (AvgIpc) is 2.86. The van der Waals surface area contributed by atoms with Crippen molar-refractivity contribution < 1.29 is 13.2 Å². The first-order valence-electron chi connectivity index (χ1n) is 6.67. The lowest BCUT2D eigenvalue weighted by Gasteiger charge is -2.17. The Morgan fingerprint density at radius 2 is 2.17 bits per heavy atom. The molecule has 23 heavy (non-hydrogen) atoms. The Hall–Kier alpha value is -2.83. The van der Waals surface area contributed by atoms with Crippen LogP contribution in [0, 0.1) is 11.3 Å². The van der Waals surface area contributed by atoms with Crippen LogP contribution in [0.2, 0.25) is 0 Å². The van der Waals surface area contributed by atoms with Gasteiger partial charge in [-0.2, -0.15) is 23.5 Å². The number of aryl methyl sites for hydroxylation is 1. The lowest BCUT2D eigenvalue weighted by molar-refractivity contribution is -0.141. The van der Waals surface area contributed by atoms with Crippen molar-refractivity contribution in [3.63, 3.8) is 0 Å². The summed E-state index contributed by atoms with van der Waals surface area (Å²) in [6, 6.07) is 2.78. The van der Waals surface area contributed by atoms with Crippen LogP contribution in [0.15, 0.2) is 12.3 Å². The number of nitrogens with two attached hydrogens (primary N) is 1. The number of rotatable bonds is 5. The highest BCUT2D eigenvalue weighted by Crippen LogP contribution is 2.28. The van der Waals surface area contributed by atoms with Gasteiger partial charge >= 0.3 is 6.18 Å². The molecule has 122 valence electrons. The molecule has 3 N–H and O–H groups in total. The fourth-order valence-corrected chi connectivity index (χ4v) is 1.98. The number of hydrogen-bond acceptors (Lipinski definition) is 6. The number of hydrogen-bond donors (Lipinski definition) is 2. The summed E-state index contributed by atoms with van der Waals surface area (Å²) in [5.41, 5.74) is 5.44. The molecule has 2 heterocycles. The van der Waals surface area contributed by atoms with Crippen LogP contribution < -0.4 is 10.6 Å². The molecule has 0 aliphatic heterocycles. The van der Waals surface area contributed by atoms with Crippen LogP contribution in [-0.2, 0) is 12.6 Å². The predicted molar refractivity (Wildman–Crippen MR) is 76.3 cm³/mol. The molecule has 7 nitrogen and oxygen atoms in total. The lowest BCUT2D eigenvalue weighted by Crippen LogP contribution is -2.23. The summed E-state index contributed by atoms with van der Waals surface area (Å²) in [5, 5.41) is 15.4. The molecule has 0 aliphatic rings. The third kappa shape index (κ3) is 3.88. The lowest BCUT2D eigenvalue weighted by atomic mass is 10.1. The Balaban J connectivity index is 1.98. The number of anilines is 2. The standard InChI is InChI=1S/C13H14F3N7/c1-23(12-19-5-4-10(20-12)13(14,15)16)6-2-3-9-8(7-17)11(18)22-21-9/h4-5H,2-3,6H2,1H3,(H3,18,21,22). The molecule has 0 atom stereocenters. The van der Waals surface area contributed by atoms with Gasteiger partial charge in [-0.1, -0.05) is 0 Å². The van der Waals surface area contributed by atoms with Gasteiger partial charge in [0.15, 0.2) is 5.82 Å². The molecule has 2 aromatic heterocycles. The number of nitrogen functional groups attached to an aromatic ring is 1. The van der Waals surface area contributed by atoms with Crippen molar-refractivity contribution in [2.45, 2.75) is 19.0 Å². The summed E-state index contributed by atoms with van der Waals surface area (Å²) in [4.78, 5) is 8.86. The highest BCUT2D eigenvalue weighted by Gasteiger charge is 2.33. The van der Waals surface area contributed by atoms with Crippen LogP contribution in [0.5, 0.6) is 0 Å². The van der Waals surface area contributed by atoms with E-state index in [2.05, 4.69) is 20.2 Å². The molecule has 0 radical (unpaired) electrons. The Labute approximate surface area is 130 Å². The van der Waals surface area contributed by atoms with Gasteiger partial charge in [0.2, 0.25) is 5.95 Å². The normalized spacial score (nSPS) is 11.3. The second kappa shape index (κ2) is 6.51. The third-order valence-electron chi connectivity index (χ3n) is 3.18. The smallest absolute Gasteiger partial charge is 0.381 e. The largest absolute Gasteiger partial charge is 0.433 e. The first kappa shape index (κ1) is 16.5. The van der Waals surface area contributed by atoms with Crippen LogP contribution in [0.25, 0.3) is 0 Å². The monoisotopic (exact) mass is 325 g/mol. The maximum atomic E-state index is 12.6. The quantitative estimate of drug-likeness (QED) is 0.867. The molecule has 2 rings (SSSR count). The summed E-state index contributed by atoms with van der Waals surface area (Å²) in [5.74, 6) is 0.126. The van der Waals surface area contributed by atoms with Crippen LogP contribution >= 0.6 is 0 Å². The molecule has 0 saturated heterocycles. The maximum Gasteiger partial charge on any atom is 0.433 e. The first-order valence-corrected chi connectivity index (χ1v) is 6.67. The Morgan fingerprint density at radius 1 is 1.43 bits per heavy atom. The van der Waals surface area contributed by atoms with Crippen molar-refractivity contribution in [2.24, 2.45) is 0 Å². The van der Waals surface area contributed by atoms with Crippen molar-refractivity contribution in [1.82, 2.24) is 20.2 Å². The minimum absolute atomic E-state index is 0.00976. The minimum Gasteiger partial charge on any atom is -0.381 e. The second-order valence-corrected chi connectivity index (χ2v) is 4.84. The third-order valence-corrected chi connectivity index (χ3v) is 3.18. The zero-order valence-corrected chi connectivity index (χ0v) is 12.2. The molecule has 0 bridgehead atoms. The van der Waals surface area contributed by atoms with E-state index in [1.165, 1.54) is 4.90 Å². The topological polar surface area (TPSA) is 108 Å². The van der Waals surface area contributed by atoms with E-state index in [9.17, 15) is 13.2 Å². The number of aromatic amines is 1. The Morgan fingerprint density at radius 3 is 2.83 bits per heavy atom. The second-order valence-electron chi connectivity index (χ2n) is 4.84. The van der Waals surface area contributed by atoms with E-state index in [0.29, 0.717) is 30.6 Å². The van der Waals surface area contributed by atoms with Crippen molar-refractivity contribution in [1.29, 1.82) is 5.26 Å². The number of nitrogens with one attached hydrogen (secondary N) is 1. The number of aromatic nitrogens is 4. The summed E-state index contributed by atoms with van der Waals surface area (Å²) in [6.45, 7) is 0.408. The Kier molecular flexibility index (Phi) is 4.68. The molecule has 0 fully saturated rings. The van der Waals surface area contributed by atoms with E-state index >= 15 is 0 Å². The predicted octanol–water partition coefficient (Wildman–Crippen LogP) is 1.74. The number of nitriles is 1. The van der Waals surface area contributed by atoms with E-state index in [4.69, 9.17) is 11.0 Å². The maximum absolute atomic E-state index is 12.6. The highest BCUT2D eigenvalue weighted by atomic mass is 19.4. The van der Waals surface area contributed by atoms with Crippen molar-refractivity contribution in [3.05, 3.63) is 29.2 Å². The number of nitrogens with zero attached hydrogens (tertiary/aromatic N) is 5. The summed E-state index contributed by atoms with van der Waals surface area (Å²) in [7, 11) is 1.60. The van der Waals surface area contributed by atoms with Crippen molar-refractivity contribution in [3.8, 4) is 6.07 Å². The van der Waals surface area contributed by atoms with Crippen molar-refractivity contribution >= 4 is 11.8 Å². The van der Waals surface area contributed by atoms with Gasteiger partial charge in [0.25, 0.3) is 0 Å². The molecule has 2 aromatic rings. The van der Waals surface area contributed by atoms with Crippen LogP contribution in [0.1, 0.15) is 23.4 Å². The van der Waals surface area contributed by atoms with Gasteiger partial charge in [0, 0.05) is 19.8 Å². The van der Waals surface area contributed by atoms with Crippen LogP contribution in [0.3, 0.4) is 0 Å². The molecule has 0 aromatic carbocycles. The molecule has 0 amide bonds. The summed E-state index contributed by atoms with van der Waals surface area (Å²) in [6.07, 6.45) is -2.39. The fraction of sp³-hybridized carbons (Fsp3) is 0.385. The molecule has 0 saturated carbocycles. The van der Waals surface area contributed by atoms with Crippen LogP contribution in [-0.4, -0.2) is 33.8 Å². The van der Waals surface area contributed by atoms with Crippen molar-refractivity contribution in [2.75, 3.05) is 24.2 Å². The van der Waals surface area contributed by atoms with Gasteiger partial charge in [0.1, 0.15) is 17.3 Å². The number of H-pyrrole nitrogens is 1. The zero-order valence-electron chi connectivity index (χ0n) is 12.2. The van der Waals surface area contributed by atoms with E-state index in [0.717, 1.165) is 12.3 Å². The van der Waals surface area contributed by atoms with Gasteiger partial charge in [0.05, 0.1) is 5.69 Å².